The Morgan fingerprint density at radius 2 is 2.18 bits per heavy atom. The van der Waals surface area contributed by atoms with Gasteiger partial charge in [0.05, 0.1) is 5.52 Å². The van der Waals surface area contributed by atoms with Gasteiger partial charge in [-0.15, -0.1) is 0 Å². The molecule has 2 rings (SSSR count). The number of hydrogen-bond acceptors (Lipinski definition) is 3. The summed E-state index contributed by atoms with van der Waals surface area (Å²) in [6.07, 6.45) is 2.83. The third-order valence-electron chi connectivity index (χ3n) is 2.62. The maximum atomic E-state index is 10.9. The normalized spacial score (nSPS) is 10.4. The predicted octanol–water partition coefficient (Wildman–Crippen LogP) is 2.06. The lowest BCUT2D eigenvalue weighted by Gasteiger charge is -2.05. The summed E-state index contributed by atoms with van der Waals surface area (Å²) in [5, 5.41) is 9.44. The van der Waals surface area contributed by atoms with E-state index in [1.807, 2.05) is 18.2 Å². The van der Waals surface area contributed by atoms with E-state index in [4.69, 9.17) is 5.11 Å². The van der Waals surface area contributed by atoms with Crippen molar-refractivity contribution in [3.63, 3.8) is 0 Å². The number of fused-ring (bicyclic) bond motifs is 1. The van der Waals surface area contributed by atoms with Crippen LogP contribution in [0.15, 0.2) is 30.5 Å². The van der Waals surface area contributed by atoms with Gasteiger partial charge in [-0.2, -0.15) is 0 Å². The fraction of sp³-hybridized carbons (Fsp3) is 0.154. The molecule has 86 valence electrons. The van der Waals surface area contributed by atoms with Crippen LogP contribution in [-0.4, -0.2) is 22.3 Å². The Morgan fingerprint density at radius 1 is 1.35 bits per heavy atom. The standard InChI is InChI=1S/C13H11NO3/c15-8-10-6-7-14-13-9(4-5-12(16)17)2-1-3-11(10)13/h1-3,6-8H,4-5H2,(H,16,17). The van der Waals surface area contributed by atoms with E-state index in [2.05, 4.69) is 4.98 Å². The zero-order valence-electron chi connectivity index (χ0n) is 9.09. The van der Waals surface area contributed by atoms with Crippen molar-refractivity contribution in [3.05, 3.63) is 41.6 Å². The molecule has 0 atom stereocenters. The molecule has 0 unspecified atom stereocenters. The maximum Gasteiger partial charge on any atom is 0.303 e. The number of aldehydes is 1. The molecule has 1 aromatic carbocycles. The smallest absolute Gasteiger partial charge is 0.303 e. The molecule has 0 aliphatic carbocycles. The van der Waals surface area contributed by atoms with Crippen LogP contribution in [0.5, 0.6) is 0 Å². The fourth-order valence-electron chi connectivity index (χ4n) is 1.80. The van der Waals surface area contributed by atoms with Gasteiger partial charge < -0.3 is 5.11 Å². The molecule has 0 aliphatic rings. The zero-order valence-corrected chi connectivity index (χ0v) is 9.09. The Kier molecular flexibility index (Phi) is 3.14. The highest BCUT2D eigenvalue weighted by Gasteiger charge is 2.07. The average Bonchev–Trinajstić information content (AvgIpc) is 2.35. The summed E-state index contributed by atoms with van der Waals surface area (Å²) in [5.74, 6) is -0.839. The van der Waals surface area contributed by atoms with Gasteiger partial charge in [0.25, 0.3) is 0 Å². The van der Waals surface area contributed by atoms with Crippen molar-refractivity contribution in [2.45, 2.75) is 12.8 Å². The third kappa shape index (κ3) is 2.30. The first-order chi connectivity index (χ1) is 8.22. The first kappa shape index (κ1) is 11.3. The second-order valence-corrected chi connectivity index (χ2v) is 3.73. The van der Waals surface area contributed by atoms with E-state index in [-0.39, 0.29) is 6.42 Å². The van der Waals surface area contributed by atoms with Gasteiger partial charge in [0.15, 0.2) is 6.29 Å². The van der Waals surface area contributed by atoms with Gasteiger partial charge in [0.2, 0.25) is 0 Å². The average molecular weight is 229 g/mol. The number of carbonyl (C=O) groups excluding carboxylic acids is 1. The lowest BCUT2D eigenvalue weighted by Crippen LogP contribution is -1.99. The molecular formula is C13H11NO3. The molecule has 1 aromatic heterocycles. The fourth-order valence-corrected chi connectivity index (χ4v) is 1.80. The van der Waals surface area contributed by atoms with E-state index in [0.717, 1.165) is 17.2 Å². The molecule has 1 heterocycles. The van der Waals surface area contributed by atoms with E-state index < -0.39 is 5.97 Å². The molecule has 0 spiro atoms. The summed E-state index contributed by atoms with van der Waals surface area (Å²) in [5.41, 5.74) is 2.14. The van der Waals surface area contributed by atoms with Gasteiger partial charge in [-0.25, -0.2) is 0 Å². The van der Waals surface area contributed by atoms with Crippen LogP contribution < -0.4 is 0 Å². The molecule has 4 heteroatoms. The second-order valence-electron chi connectivity index (χ2n) is 3.73. The number of aliphatic carboxylic acids is 1. The number of carboxylic acid groups (broad SMARTS) is 1. The molecule has 17 heavy (non-hydrogen) atoms. The molecule has 0 bridgehead atoms. The first-order valence-electron chi connectivity index (χ1n) is 5.26. The lowest BCUT2D eigenvalue weighted by atomic mass is 10.0. The van der Waals surface area contributed by atoms with Crippen LogP contribution in [0.25, 0.3) is 10.9 Å². The van der Waals surface area contributed by atoms with E-state index in [1.54, 1.807) is 12.3 Å². The largest absolute Gasteiger partial charge is 0.481 e. The highest BCUT2D eigenvalue weighted by Crippen LogP contribution is 2.20. The highest BCUT2D eigenvalue weighted by molar-refractivity contribution is 5.97. The maximum absolute atomic E-state index is 10.9. The molecule has 0 amide bonds. The number of nitrogens with zero attached hydrogens (tertiary/aromatic N) is 1. The molecule has 0 radical (unpaired) electrons. The number of carboxylic acids is 1. The number of pyridine rings is 1. The van der Waals surface area contributed by atoms with Crippen molar-refractivity contribution in [2.75, 3.05) is 0 Å². The summed E-state index contributed by atoms with van der Waals surface area (Å²) in [6.45, 7) is 0. The van der Waals surface area contributed by atoms with E-state index in [9.17, 15) is 9.59 Å². The molecule has 0 saturated carbocycles. The number of benzene rings is 1. The Labute approximate surface area is 97.9 Å². The molecule has 1 N–H and O–H groups in total. The van der Waals surface area contributed by atoms with Crippen molar-refractivity contribution in [1.82, 2.24) is 4.98 Å². The first-order valence-corrected chi connectivity index (χ1v) is 5.26. The Balaban J connectivity index is 2.50. The van der Waals surface area contributed by atoms with Gasteiger partial charge in [-0.1, -0.05) is 18.2 Å². The van der Waals surface area contributed by atoms with E-state index >= 15 is 0 Å². The van der Waals surface area contributed by atoms with Crippen LogP contribution in [0.4, 0.5) is 0 Å². The van der Waals surface area contributed by atoms with Crippen LogP contribution in [0, 0.1) is 0 Å². The minimum absolute atomic E-state index is 0.0616. The SMILES string of the molecule is O=Cc1ccnc2c(CCC(=O)O)cccc12. The summed E-state index contributed by atoms with van der Waals surface area (Å²) < 4.78 is 0. The van der Waals surface area contributed by atoms with Gasteiger partial charge in [0.1, 0.15) is 0 Å². The van der Waals surface area contributed by atoms with E-state index in [1.165, 1.54) is 0 Å². The van der Waals surface area contributed by atoms with Crippen LogP contribution >= 0.6 is 0 Å². The number of rotatable bonds is 4. The second kappa shape index (κ2) is 4.74. The van der Waals surface area contributed by atoms with Crippen molar-refractivity contribution in [3.8, 4) is 0 Å². The van der Waals surface area contributed by atoms with Crippen LogP contribution in [0.1, 0.15) is 22.3 Å². The number of aryl methyl sites for hydroxylation is 1. The minimum Gasteiger partial charge on any atom is -0.481 e. The molecule has 0 saturated heterocycles. The van der Waals surface area contributed by atoms with Crippen molar-refractivity contribution >= 4 is 23.2 Å². The monoisotopic (exact) mass is 229 g/mol. The summed E-state index contributed by atoms with van der Waals surface area (Å²) in [7, 11) is 0. The molecule has 4 nitrogen and oxygen atoms in total. The van der Waals surface area contributed by atoms with Crippen molar-refractivity contribution in [2.24, 2.45) is 0 Å². The minimum atomic E-state index is -0.839. The number of aromatic nitrogens is 1. The topological polar surface area (TPSA) is 67.3 Å². The third-order valence-corrected chi connectivity index (χ3v) is 2.62. The highest BCUT2D eigenvalue weighted by atomic mass is 16.4. The van der Waals surface area contributed by atoms with Gasteiger partial charge in [-0.3, -0.25) is 14.6 Å². The van der Waals surface area contributed by atoms with Crippen LogP contribution in [0.2, 0.25) is 0 Å². The summed E-state index contributed by atoms with van der Waals surface area (Å²) in [4.78, 5) is 25.6. The Hall–Kier alpha value is -2.23. The zero-order chi connectivity index (χ0) is 12.3. The lowest BCUT2D eigenvalue weighted by molar-refractivity contribution is -0.136. The van der Waals surface area contributed by atoms with Gasteiger partial charge >= 0.3 is 5.97 Å². The van der Waals surface area contributed by atoms with Gasteiger partial charge in [0, 0.05) is 23.6 Å². The Bertz CT molecular complexity index is 578. The van der Waals surface area contributed by atoms with Crippen molar-refractivity contribution in [1.29, 1.82) is 0 Å². The summed E-state index contributed by atoms with van der Waals surface area (Å²) >= 11 is 0. The van der Waals surface area contributed by atoms with Crippen LogP contribution in [0.3, 0.4) is 0 Å². The quantitative estimate of drug-likeness (QED) is 0.815. The molecular weight excluding hydrogens is 218 g/mol. The van der Waals surface area contributed by atoms with E-state index in [0.29, 0.717) is 17.5 Å². The molecule has 0 aliphatic heterocycles. The number of hydrogen-bond donors (Lipinski definition) is 1. The van der Waals surface area contributed by atoms with Gasteiger partial charge in [-0.05, 0) is 18.1 Å². The predicted molar refractivity (Wildman–Crippen MR) is 63.1 cm³/mol. The summed E-state index contributed by atoms with van der Waals surface area (Å²) in [6, 6.07) is 7.12. The van der Waals surface area contributed by atoms with Crippen LogP contribution in [-0.2, 0) is 11.2 Å². The molecule has 0 fully saturated rings. The van der Waals surface area contributed by atoms with Crippen molar-refractivity contribution < 1.29 is 14.7 Å². The Morgan fingerprint density at radius 3 is 2.88 bits per heavy atom. The molecule has 2 aromatic rings. The number of para-hydroxylation sites is 1. The number of carbonyl (C=O) groups is 2.